The molecule has 0 aliphatic heterocycles. The Kier molecular flexibility index (Phi) is 9.60. The monoisotopic (exact) mass is 506 g/mol. The van der Waals surface area contributed by atoms with Crippen molar-refractivity contribution in [3.8, 4) is 5.75 Å². The number of unbranched alkanes of at least 4 members (excludes halogenated alkanes) is 2. The topological polar surface area (TPSA) is 87.6 Å². The van der Waals surface area contributed by atoms with Crippen LogP contribution in [-0.2, 0) is 16.0 Å². The van der Waals surface area contributed by atoms with Gasteiger partial charge in [0.05, 0.1) is 18.6 Å². The highest BCUT2D eigenvalue weighted by Gasteiger charge is 2.46. The van der Waals surface area contributed by atoms with Gasteiger partial charge < -0.3 is 20.9 Å². The van der Waals surface area contributed by atoms with Gasteiger partial charge in [-0.3, -0.25) is 4.79 Å². The van der Waals surface area contributed by atoms with E-state index in [-0.39, 0.29) is 5.97 Å². The Morgan fingerprint density at radius 3 is 2.30 bits per heavy atom. The summed E-state index contributed by atoms with van der Waals surface area (Å²) in [5, 5.41) is 0. The Labute approximate surface area is 223 Å². The van der Waals surface area contributed by atoms with Crippen LogP contribution in [0.4, 0.5) is 0 Å². The second-order valence-electron chi connectivity index (χ2n) is 12.0. The number of hydrogen-bond donors (Lipinski definition) is 2. The van der Waals surface area contributed by atoms with Crippen LogP contribution in [0.5, 0.6) is 5.75 Å². The predicted octanol–water partition coefficient (Wildman–Crippen LogP) is 6.53. The summed E-state index contributed by atoms with van der Waals surface area (Å²) in [6.45, 7) is 10.4. The first kappa shape index (κ1) is 28.9. The second kappa shape index (κ2) is 12.3. The van der Waals surface area contributed by atoms with E-state index in [4.69, 9.17) is 20.9 Å². The average Bonchev–Trinajstić information content (AvgIpc) is 3.04. The molecule has 3 rings (SSSR count). The fraction of sp³-hybridized carbons (Fsp3) is 0.531. The van der Waals surface area contributed by atoms with E-state index in [2.05, 4.69) is 54.6 Å². The Morgan fingerprint density at radius 1 is 0.892 bits per heavy atom. The van der Waals surface area contributed by atoms with Crippen LogP contribution in [0.1, 0.15) is 89.8 Å². The molecule has 0 heterocycles. The van der Waals surface area contributed by atoms with Crippen molar-refractivity contribution in [3.63, 3.8) is 0 Å². The predicted molar refractivity (Wildman–Crippen MR) is 153 cm³/mol. The van der Waals surface area contributed by atoms with Gasteiger partial charge in [-0.1, -0.05) is 42.5 Å². The summed E-state index contributed by atoms with van der Waals surface area (Å²) >= 11 is 0. The van der Waals surface area contributed by atoms with Gasteiger partial charge in [0.25, 0.3) is 0 Å². The zero-order valence-corrected chi connectivity index (χ0v) is 23.4. The molecular weight excluding hydrogens is 460 g/mol. The van der Waals surface area contributed by atoms with Gasteiger partial charge in [0, 0.05) is 11.1 Å². The maximum absolute atomic E-state index is 12.7. The molecule has 0 fully saturated rings. The number of allylic oxidation sites excluding steroid dienone is 1. The molecule has 1 aliphatic rings. The third-order valence-corrected chi connectivity index (χ3v) is 7.53. The SMILES string of the molecule is CC(C)(N)CC(C)(N)C(C)(C)C(=O)OCCCCCOc1ccc2c(c1)CCCC(c1ccccc1)=C2. The number of hydrogen-bond acceptors (Lipinski definition) is 5. The first-order valence-corrected chi connectivity index (χ1v) is 13.7. The first-order chi connectivity index (χ1) is 17.4. The summed E-state index contributed by atoms with van der Waals surface area (Å²) in [7, 11) is 0. The first-order valence-electron chi connectivity index (χ1n) is 13.7. The average molecular weight is 507 g/mol. The minimum absolute atomic E-state index is 0.271. The number of carbonyl (C=O) groups is 1. The van der Waals surface area contributed by atoms with Gasteiger partial charge in [0.15, 0.2) is 0 Å². The fourth-order valence-corrected chi connectivity index (χ4v) is 4.96. The van der Waals surface area contributed by atoms with Crippen LogP contribution in [0.15, 0.2) is 48.5 Å². The van der Waals surface area contributed by atoms with E-state index in [1.165, 1.54) is 22.3 Å². The highest BCUT2D eigenvalue weighted by Crippen LogP contribution is 2.36. The molecule has 5 nitrogen and oxygen atoms in total. The number of aryl methyl sites for hydroxylation is 1. The van der Waals surface area contributed by atoms with Crippen LogP contribution in [0.2, 0.25) is 0 Å². The smallest absolute Gasteiger partial charge is 0.313 e. The summed E-state index contributed by atoms with van der Waals surface area (Å²) in [6.07, 6.45) is 8.77. The number of ether oxygens (including phenoxy) is 2. The molecule has 1 atom stereocenters. The molecule has 0 radical (unpaired) electrons. The molecule has 0 saturated heterocycles. The van der Waals surface area contributed by atoms with E-state index in [0.29, 0.717) is 19.6 Å². The lowest BCUT2D eigenvalue weighted by atomic mass is 9.68. The lowest BCUT2D eigenvalue weighted by molar-refractivity contribution is -0.158. The molecule has 0 bridgehead atoms. The Bertz CT molecular complexity index is 1070. The van der Waals surface area contributed by atoms with Crippen LogP contribution in [0, 0.1) is 5.41 Å². The summed E-state index contributed by atoms with van der Waals surface area (Å²) in [5.74, 6) is 0.654. The highest BCUT2D eigenvalue weighted by molar-refractivity contribution is 5.83. The van der Waals surface area contributed by atoms with Gasteiger partial charge in [0.1, 0.15) is 5.75 Å². The standard InChI is InChI=1S/C32H46N2O3/c1-30(2,33)23-32(5,34)31(3,4)29(35)37-20-11-7-10-19-36-28-18-17-27-21-25(15-12-16-26(27)22-28)24-13-8-6-9-14-24/h6,8-9,13-14,17-18,21-22H,7,10-12,15-16,19-20,23,33-34H2,1-5H3. The van der Waals surface area contributed by atoms with E-state index in [1.54, 1.807) is 0 Å². The molecule has 1 unspecified atom stereocenters. The summed E-state index contributed by atoms with van der Waals surface area (Å²) in [5.41, 5.74) is 15.9. The zero-order chi connectivity index (χ0) is 27.1. The fourth-order valence-electron chi connectivity index (χ4n) is 4.96. The van der Waals surface area contributed by atoms with E-state index >= 15 is 0 Å². The molecule has 202 valence electrons. The maximum atomic E-state index is 12.7. The van der Waals surface area contributed by atoms with Crippen molar-refractivity contribution < 1.29 is 14.3 Å². The number of carbonyl (C=O) groups excluding carboxylic acids is 1. The van der Waals surface area contributed by atoms with Crippen molar-refractivity contribution in [2.24, 2.45) is 16.9 Å². The van der Waals surface area contributed by atoms with E-state index in [0.717, 1.165) is 44.3 Å². The molecule has 2 aromatic carbocycles. The lowest BCUT2D eigenvalue weighted by Crippen LogP contribution is -2.59. The minimum atomic E-state index is -0.824. The third-order valence-electron chi connectivity index (χ3n) is 7.53. The van der Waals surface area contributed by atoms with Crippen molar-refractivity contribution in [1.82, 2.24) is 0 Å². The molecule has 2 aromatic rings. The summed E-state index contributed by atoms with van der Waals surface area (Å²) in [4.78, 5) is 12.7. The Hall–Kier alpha value is -2.63. The number of benzene rings is 2. The number of nitrogens with two attached hydrogens (primary N) is 2. The van der Waals surface area contributed by atoms with Gasteiger partial charge in [-0.05, 0) is 114 Å². The molecule has 1 aliphatic carbocycles. The zero-order valence-electron chi connectivity index (χ0n) is 23.4. The van der Waals surface area contributed by atoms with Crippen LogP contribution < -0.4 is 16.2 Å². The van der Waals surface area contributed by atoms with E-state index in [1.807, 2.05) is 34.6 Å². The maximum Gasteiger partial charge on any atom is 0.313 e. The van der Waals surface area contributed by atoms with Crippen molar-refractivity contribution in [2.75, 3.05) is 13.2 Å². The minimum Gasteiger partial charge on any atom is -0.494 e. The van der Waals surface area contributed by atoms with Crippen LogP contribution in [0.25, 0.3) is 11.6 Å². The van der Waals surface area contributed by atoms with E-state index in [9.17, 15) is 4.79 Å². The van der Waals surface area contributed by atoms with Crippen molar-refractivity contribution in [1.29, 1.82) is 0 Å². The third kappa shape index (κ3) is 8.18. The molecule has 5 heteroatoms. The van der Waals surface area contributed by atoms with Gasteiger partial charge in [-0.15, -0.1) is 0 Å². The normalized spacial score (nSPS) is 15.7. The summed E-state index contributed by atoms with van der Waals surface area (Å²) < 4.78 is 11.6. The van der Waals surface area contributed by atoms with Crippen LogP contribution in [0.3, 0.4) is 0 Å². The van der Waals surface area contributed by atoms with Gasteiger partial charge in [-0.25, -0.2) is 0 Å². The largest absolute Gasteiger partial charge is 0.494 e. The lowest BCUT2D eigenvalue weighted by Gasteiger charge is -2.42. The molecule has 0 saturated carbocycles. The van der Waals surface area contributed by atoms with Crippen molar-refractivity contribution in [3.05, 3.63) is 65.2 Å². The number of rotatable bonds is 12. The van der Waals surface area contributed by atoms with Gasteiger partial charge >= 0.3 is 5.97 Å². The molecule has 0 aromatic heterocycles. The molecule has 4 N–H and O–H groups in total. The quantitative estimate of drug-likeness (QED) is 0.252. The van der Waals surface area contributed by atoms with Crippen LogP contribution >= 0.6 is 0 Å². The van der Waals surface area contributed by atoms with Crippen molar-refractivity contribution >= 4 is 17.6 Å². The Morgan fingerprint density at radius 2 is 1.59 bits per heavy atom. The molecule has 0 spiro atoms. The van der Waals surface area contributed by atoms with Crippen molar-refractivity contribution in [2.45, 2.75) is 90.6 Å². The Balaban J connectivity index is 1.41. The van der Waals surface area contributed by atoms with E-state index < -0.39 is 16.5 Å². The molecule has 0 amide bonds. The number of esters is 1. The van der Waals surface area contributed by atoms with Gasteiger partial charge in [0.2, 0.25) is 0 Å². The number of fused-ring (bicyclic) bond motifs is 1. The van der Waals surface area contributed by atoms with Gasteiger partial charge in [-0.2, -0.15) is 0 Å². The molecular formula is C32H46N2O3. The van der Waals surface area contributed by atoms with Crippen LogP contribution in [-0.4, -0.2) is 30.3 Å². The second-order valence-corrected chi connectivity index (χ2v) is 12.0. The summed E-state index contributed by atoms with van der Waals surface area (Å²) in [6, 6.07) is 17.1. The molecule has 37 heavy (non-hydrogen) atoms. The highest BCUT2D eigenvalue weighted by atomic mass is 16.5.